The van der Waals surface area contributed by atoms with Crippen molar-refractivity contribution in [2.24, 2.45) is 0 Å². The first-order valence-electron chi connectivity index (χ1n) is 6.17. The van der Waals surface area contributed by atoms with E-state index in [1.165, 1.54) is 12.1 Å². The predicted molar refractivity (Wildman–Crippen MR) is 76.6 cm³/mol. The van der Waals surface area contributed by atoms with E-state index >= 15 is 0 Å². The van der Waals surface area contributed by atoms with E-state index < -0.39 is 26.4 Å². The van der Waals surface area contributed by atoms with Gasteiger partial charge in [-0.2, -0.15) is 8.78 Å². The second-order valence-electron chi connectivity index (χ2n) is 4.50. The van der Waals surface area contributed by atoms with Crippen molar-refractivity contribution in [1.82, 2.24) is 4.98 Å². The minimum absolute atomic E-state index is 0.135. The third kappa shape index (κ3) is 3.45. The molecule has 1 N–H and O–H groups in total. The number of halogens is 2. The van der Waals surface area contributed by atoms with Gasteiger partial charge in [-0.3, -0.25) is 4.79 Å². The number of amides is 1. The van der Waals surface area contributed by atoms with E-state index in [-0.39, 0.29) is 5.56 Å². The van der Waals surface area contributed by atoms with Crippen molar-refractivity contribution >= 4 is 21.6 Å². The molecule has 0 saturated carbocycles. The molecule has 8 heteroatoms. The van der Waals surface area contributed by atoms with Gasteiger partial charge in [0.2, 0.25) is 9.84 Å². The Balaban J connectivity index is 2.16. The summed E-state index contributed by atoms with van der Waals surface area (Å²) in [6, 6.07) is 7.65. The van der Waals surface area contributed by atoms with Crippen molar-refractivity contribution in [1.29, 1.82) is 0 Å². The lowest BCUT2D eigenvalue weighted by Gasteiger charge is -2.06. The van der Waals surface area contributed by atoms with Gasteiger partial charge >= 0.3 is 5.76 Å². The molecular weight excluding hydrogens is 314 g/mol. The summed E-state index contributed by atoms with van der Waals surface area (Å²) in [7, 11) is -4.66. The highest BCUT2D eigenvalue weighted by molar-refractivity contribution is 7.91. The summed E-state index contributed by atoms with van der Waals surface area (Å²) in [6.07, 6.45) is 1.58. The minimum atomic E-state index is -4.66. The molecule has 0 fully saturated rings. The van der Waals surface area contributed by atoms with Crippen molar-refractivity contribution in [2.45, 2.75) is 17.6 Å². The Morgan fingerprint density at radius 1 is 1.14 bits per heavy atom. The molecule has 0 radical (unpaired) electrons. The number of hydrogen-bond acceptors (Lipinski definition) is 4. The maximum Gasteiger partial charge on any atom is 0.341 e. The number of nitrogens with zero attached hydrogens (tertiary/aromatic N) is 1. The quantitative estimate of drug-likeness (QED) is 0.937. The number of aromatic nitrogens is 1. The van der Waals surface area contributed by atoms with Crippen molar-refractivity contribution in [3.8, 4) is 0 Å². The van der Waals surface area contributed by atoms with Crippen LogP contribution in [0.1, 0.15) is 15.9 Å². The molecule has 0 aliphatic rings. The molecule has 0 atom stereocenters. The average molecular weight is 326 g/mol. The second kappa shape index (κ2) is 6.18. The van der Waals surface area contributed by atoms with Gasteiger partial charge in [-0.1, -0.05) is 6.07 Å². The van der Waals surface area contributed by atoms with E-state index in [2.05, 4.69) is 10.3 Å². The Bertz CT molecular complexity index is 773. The summed E-state index contributed by atoms with van der Waals surface area (Å²) in [4.78, 5) is 15.4. The van der Waals surface area contributed by atoms with Crippen LogP contribution in [0.25, 0.3) is 0 Å². The van der Waals surface area contributed by atoms with Crippen LogP contribution in [-0.4, -0.2) is 25.1 Å². The van der Waals surface area contributed by atoms with Crippen LogP contribution in [0, 0.1) is 6.92 Å². The van der Waals surface area contributed by atoms with Gasteiger partial charge in [0.15, 0.2) is 0 Å². The van der Waals surface area contributed by atoms with Gasteiger partial charge in [-0.25, -0.2) is 13.4 Å². The fourth-order valence-corrected chi connectivity index (χ4v) is 2.35. The van der Waals surface area contributed by atoms with Gasteiger partial charge in [-0.15, -0.1) is 0 Å². The van der Waals surface area contributed by atoms with Crippen LogP contribution in [0.5, 0.6) is 0 Å². The lowest BCUT2D eigenvalue weighted by molar-refractivity contribution is 0.102. The molecule has 116 valence electrons. The Hall–Kier alpha value is -2.35. The Morgan fingerprint density at radius 3 is 2.27 bits per heavy atom. The number of nitrogens with one attached hydrogen (secondary N) is 1. The van der Waals surface area contributed by atoms with Gasteiger partial charge in [0, 0.05) is 11.8 Å². The molecule has 5 nitrogen and oxygen atoms in total. The lowest BCUT2D eigenvalue weighted by atomic mass is 10.2. The predicted octanol–water partition coefficient (Wildman–Crippen LogP) is 2.64. The van der Waals surface area contributed by atoms with E-state index in [0.29, 0.717) is 5.82 Å². The third-order valence-electron chi connectivity index (χ3n) is 2.83. The number of carbonyl (C=O) groups is 1. The van der Waals surface area contributed by atoms with Crippen LogP contribution in [0.3, 0.4) is 0 Å². The van der Waals surface area contributed by atoms with Crippen LogP contribution in [0.15, 0.2) is 47.5 Å². The van der Waals surface area contributed by atoms with E-state index in [4.69, 9.17) is 0 Å². The first kappa shape index (κ1) is 16.0. The second-order valence-corrected chi connectivity index (χ2v) is 6.42. The zero-order chi connectivity index (χ0) is 16.3. The SMILES string of the molecule is Cc1ccc(NC(=O)c2ccc(S(=O)(=O)C(F)F)cc2)nc1. The van der Waals surface area contributed by atoms with Gasteiger partial charge in [0.25, 0.3) is 5.91 Å². The molecule has 1 amide bonds. The Morgan fingerprint density at radius 2 is 1.77 bits per heavy atom. The summed E-state index contributed by atoms with van der Waals surface area (Å²) in [5.74, 6) is -3.68. The molecule has 0 saturated heterocycles. The van der Waals surface area contributed by atoms with Crippen LogP contribution in [-0.2, 0) is 9.84 Å². The van der Waals surface area contributed by atoms with Crippen molar-refractivity contribution < 1.29 is 22.0 Å². The van der Waals surface area contributed by atoms with Crippen LogP contribution < -0.4 is 5.32 Å². The Kier molecular flexibility index (Phi) is 4.51. The van der Waals surface area contributed by atoms with Gasteiger partial charge < -0.3 is 5.32 Å². The molecular formula is C14H12F2N2O3S. The topological polar surface area (TPSA) is 76.1 Å². The largest absolute Gasteiger partial charge is 0.341 e. The van der Waals surface area contributed by atoms with E-state index in [1.54, 1.807) is 18.3 Å². The highest BCUT2D eigenvalue weighted by atomic mass is 32.2. The zero-order valence-electron chi connectivity index (χ0n) is 11.5. The van der Waals surface area contributed by atoms with Crippen molar-refractivity contribution in [2.75, 3.05) is 5.32 Å². The van der Waals surface area contributed by atoms with Crippen LogP contribution in [0.4, 0.5) is 14.6 Å². The smallest absolute Gasteiger partial charge is 0.307 e. The lowest BCUT2D eigenvalue weighted by Crippen LogP contribution is -2.14. The molecule has 1 aromatic heterocycles. The summed E-state index contributed by atoms with van der Waals surface area (Å²) in [5, 5.41) is 2.52. The highest BCUT2D eigenvalue weighted by Gasteiger charge is 2.26. The fourth-order valence-electron chi connectivity index (χ4n) is 1.63. The first-order valence-corrected chi connectivity index (χ1v) is 7.71. The molecule has 0 unspecified atom stereocenters. The molecule has 1 aromatic carbocycles. The number of carbonyl (C=O) groups excluding carboxylic acids is 1. The number of hydrogen-bond donors (Lipinski definition) is 1. The normalized spacial score (nSPS) is 11.5. The number of aryl methyl sites for hydroxylation is 1. The molecule has 0 aliphatic heterocycles. The van der Waals surface area contributed by atoms with Gasteiger partial charge in [0.05, 0.1) is 4.90 Å². The highest BCUT2D eigenvalue weighted by Crippen LogP contribution is 2.19. The number of anilines is 1. The van der Waals surface area contributed by atoms with Crippen molar-refractivity contribution in [3.05, 3.63) is 53.7 Å². The zero-order valence-corrected chi connectivity index (χ0v) is 12.3. The third-order valence-corrected chi connectivity index (χ3v) is 4.23. The summed E-state index contributed by atoms with van der Waals surface area (Å²) in [6.45, 7) is 1.85. The molecule has 2 rings (SSSR count). The van der Waals surface area contributed by atoms with Crippen molar-refractivity contribution in [3.63, 3.8) is 0 Å². The fraction of sp³-hybridized carbons (Fsp3) is 0.143. The van der Waals surface area contributed by atoms with Gasteiger partial charge in [-0.05, 0) is 42.8 Å². The molecule has 0 spiro atoms. The molecule has 0 aliphatic carbocycles. The van der Waals surface area contributed by atoms with E-state index in [9.17, 15) is 22.0 Å². The number of rotatable bonds is 4. The molecule has 1 heterocycles. The molecule has 0 bridgehead atoms. The maximum atomic E-state index is 12.4. The summed E-state index contributed by atoms with van der Waals surface area (Å²) < 4.78 is 47.4. The number of alkyl halides is 2. The number of sulfone groups is 1. The Labute approximate surface area is 125 Å². The average Bonchev–Trinajstić information content (AvgIpc) is 2.49. The van der Waals surface area contributed by atoms with Crippen LogP contribution in [0.2, 0.25) is 0 Å². The van der Waals surface area contributed by atoms with E-state index in [1.807, 2.05) is 6.92 Å². The van der Waals surface area contributed by atoms with Crippen LogP contribution >= 0.6 is 0 Å². The molecule has 22 heavy (non-hydrogen) atoms. The first-order chi connectivity index (χ1) is 10.3. The number of pyridine rings is 1. The maximum absolute atomic E-state index is 12.4. The summed E-state index contributed by atoms with van der Waals surface area (Å²) in [5.41, 5.74) is 1.06. The minimum Gasteiger partial charge on any atom is -0.307 e. The number of benzene rings is 1. The monoisotopic (exact) mass is 326 g/mol. The molecule has 2 aromatic rings. The summed E-state index contributed by atoms with van der Waals surface area (Å²) >= 11 is 0. The standard InChI is InChI=1S/C14H12F2N2O3S/c1-9-2-7-12(17-8-9)18-13(19)10-3-5-11(6-4-10)22(20,21)14(15)16/h2-8,14H,1H3,(H,17,18,19). The van der Waals surface area contributed by atoms with E-state index in [0.717, 1.165) is 17.7 Å². The van der Waals surface area contributed by atoms with Gasteiger partial charge in [0.1, 0.15) is 5.82 Å².